The van der Waals surface area contributed by atoms with Crippen molar-refractivity contribution in [2.45, 2.75) is 32.7 Å². The van der Waals surface area contributed by atoms with E-state index in [9.17, 15) is 14.9 Å². The summed E-state index contributed by atoms with van der Waals surface area (Å²) >= 11 is 0. The van der Waals surface area contributed by atoms with Gasteiger partial charge in [0.1, 0.15) is 0 Å². The molecule has 1 N–H and O–H groups in total. The molecule has 0 unspecified atom stereocenters. The lowest BCUT2D eigenvalue weighted by atomic mass is 9.96. The van der Waals surface area contributed by atoms with Crippen LogP contribution in [0.2, 0.25) is 0 Å². The van der Waals surface area contributed by atoms with E-state index in [2.05, 4.69) is 4.90 Å². The third kappa shape index (κ3) is 4.01. The second-order valence-corrected chi connectivity index (χ2v) is 5.51. The molecule has 1 aromatic carbocycles. The number of nitro groups is 1. The number of nitrogens with zero attached hydrogens (tertiary/aromatic N) is 2. The SMILES string of the molecule is CCc1cc(CN2CCC(C(=O)O)CC2)cc([N+](=O)[O-])c1. The maximum atomic E-state index is 11.0. The van der Waals surface area contributed by atoms with Gasteiger partial charge in [-0.2, -0.15) is 0 Å². The van der Waals surface area contributed by atoms with Crippen LogP contribution < -0.4 is 0 Å². The van der Waals surface area contributed by atoms with Crippen LogP contribution in [0.5, 0.6) is 0 Å². The van der Waals surface area contributed by atoms with Crippen LogP contribution in [0.4, 0.5) is 5.69 Å². The molecule has 2 rings (SSSR count). The van der Waals surface area contributed by atoms with E-state index >= 15 is 0 Å². The number of benzene rings is 1. The number of carboxylic acids is 1. The molecule has 0 aliphatic carbocycles. The topological polar surface area (TPSA) is 83.7 Å². The summed E-state index contributed by atoms with van der Waals surface area (Å²) in [6, 6.07) is 5.22. The highest BCUT2D eigenvalue weighted by molar-refractivity contribution is 5.70. The Morgan fingerprint density at radius 1 is 1.33 bits per heavy atom. The minimum atomic E-state index is -0.724. The first-order valence-electron chi connectivity index (χ1n) is 7.22. The number of nitro benzene ring substituents is 1. The number of likely N-dealkylation sites (tertiary alicyclic amines) is 1. The first-order valence-corrected chi connectivity index (χ1v) is 7.22. The second-order valence-electron chi connectivity index (χ2n) is 5.51. The van der Waals surface area contributed by atoms with E-state index in [0.717, 1.165) is 30.6 Å². The first-order chi connectivity index (χ1) is 9.99. The van der Waals surface area contributed by atoms with Crippen molar-refractivity contribution in [2.75, 3.05) is 13.1 Å². The van der Waals surface area contributed by atoms with Crippen LogP contribution in [-0.4, -0.2) is 34.0 Å². The molecule has 1 aromatic rings. The van der Waals surface area contributed by atoms with Gasteiger partial charge in [0.05, 0.1) is 10.8 Å². The van der Waals surface area contributed by atoms with Gasteiger partial charge in [-0.15, -0.1) is 0 Å². The number of aryl methyl sites for hydroxylation is 1. The lowest BCUT2D eigenvalue weighted by Crippen LogP contribution is -2.35. The van der Waals surface area contributed by atoms with Gasteiger partial charge in [0, 0.05) is 18.7 Å². The minimum absolute atomic E-state index is 0.129. The molecule has 1 fully saturated rings. The van der Waals surface area contributed by atoms with E-state index in [1.54, 1.807) is 12.1 Å². The summed E-state index contributed by atoms with van der Waals surface area (Å²) in [6.07, 6.45) is 2.05. The number of piperidine rings is 1. The molecule has 0 radical (unpaired) electrons. The van der Waals surface area contributed by atoms with Crippen LogP contribution in [0.3, 0.4) is 0 Å². The number of non-ortho nitro benzene ring substituents is 1. The van der Waals surface area contributed by atoms with Crippen LogP contribution in [0.25, 0.3) is 0 Å². The van der Waals surface area contributed by atoms with Crippen molar-refractivity contribution in [3.8, 4) is 0 Å². The number of rotatable bonds is 5. The zero-order valence-electron chi connectivity index (χ0n) is 12.1. The summed E-state index contributed by atoms with van der Waals surface area (Å²) in [4.78, 5) is 23.7. The number of carboxylic acid groups (broad SMARTS) is 1. The molecule has 21 heavy (non-hydrogen) atoms. The Morgan fingerprint density at radius 3 is 2.48 bits per heavy atom. The van der Waals surface area contributed by atoms with Gasteiger partial charge in [-0.05, 0) is 43.5 Å². The molecule has 0 bridgehead atoms. The number of hydrogen-bond donors (Lipinski definition) is 1. The van der Waals surface area contributed by atoms with Crippen molar-refractivity contribution in [1.29, 1.82) is 0 Å². The molecule has 1 heterocycles. The monoisotopic (exact) mass is 292 g/mol. The van der Waals surface area contributed by atoms with E-state index in [0.29, 0.717) is 19.4 Å². The summed E-state index contributed by atoms with van der Waals surface area (Å²) < 4.78 is 0. The third-order valence-corrected chi connectivity index (χ3v) is 4.00. The van der Waals surface area contributed by atoms with Crippen LogP contribution in [0.15, 0.2) is 18.2 Å². The van der Waals surface area contributed by atoms with Gasteiger partial charge in [-0.1, -0.05) is 13.0 Å². The largest absolute Gasteiger partial charge is 0.481 e. The van der Waals surface area contributed by atoms with Crippen molar-refractivity contribution in [1.82, 2.24) is 4.90 Å². The van der Waals surface area contributed by atoms with Gasteiger partial charge in [0.2, 0.25) is 0 Å². The second kappa shape index (κ2) is 6.67. The number of hydrogen-bond acceptors (Lipinski definition) is 4. The Balaban J connectivity index is 2.04. The molecule has 1 saturated heterocycles. The quantitative estimate of drug-likeness (QED) is 0.665. The Morgan fingerprint density at radius 2 is 1.95 bits per heavy atom. The average molecular weight is 292 g/mol. The highest BCUT2D eigenvalue weighted by atomic mass is 16.6. The molecular weight excluding hydrogens is 272 g/mol. The molecule has 0 atom stereocenters. The van der Waals surface area contributed by atoms with Crippen molar-refractivity contribution in [2.24, 2.45) is 5.92 Å². The molecule has 6 heteroatoms. The van der Waals surface area contributed by atoms with Gasteiger partial charge in [-0.25, -0.2) is 0 Å². The van der Waals surface area contributed by atoms with Crippen molar-refractivity contribution >= 4 is 11.7 Å². The predicted molar refractivity (Wildman–Crippen MR) is 78.1 cm³/mol. The van der Waals surface area contributed by atoms with Gasteiger partial charge in [-0.3, -0.25) is 19.8 Å². The summed E-state index contributed by atoms with van der Waals surface area (Å²) in [7, 11) is 0. The van der Waals surface area contributed by atoms with Crippen LogP contribution in [0, 0.1) is 16.0 Å². The molecule has 0 saturated carbocycles. The normalized spacial score (nSPS) is 16.8. The summed E-state index contributed by atoms with van der Waals surface area (Å²) in [5.74, 6) is -0.976. The van der Waals surface area contributed by atoms with Crippen molar-refractivity contribution < 1.29 is 14.8 Å². The number of aliphatic carboxylic acids is 1. The Hall–Kier alpha value is -1.95. The fourth-order valence-corrected chi connectivity index (χ4v) is 2.74. The smallest absolute Gasteiger partial charge is 0.306 e. The maximum absolute atomic E-state index is 11.0. The first kappa shape index (κ1) is 15.4. The van der Waals surface area contributed by atoms with Gasteiger partial charge >= 0.3 is 5.97 Å². The van der Waals surface area contributed by atoms with E-state index in [4.69, 9.17) is 5.11 Å². The minimum Gasteiger partial charge on any atom is -0.481 e. The highest BCUT2D eigenvalue weighted by Crippen LogP contribution is 2.22. The zero-order chi connectivity index (χ0) is 15.4. The number of carbonyl (C=O) groups is 1. The summed E-state index contributed by atoms with van der Waals surface area (Å²) in [6.45, 7) is 4.06. The molecule has 1 aliphatic heterocycles. The van der Waals surface area contributed by atoms with Gasteiger partial charge < -0.3 is 5.11 Å². The molecule has 6 nitrogen and oxygen atoms in total. The summed E-state index contributed by atoms with van der Waals surface area (Å²) in [5.41, 5.74) is 2.01. The Kier molecular flexibility index (Phi) is 4.90. The highest BCUT2D eigenvalue weighted by Gasteiger charge is 2.24. The maximum Gasteiger partial charge on any atom is 0.306 e. The molecule has 114 valence electrons. The molecule has 0 spiro atoms. The standard InChI is InChI=1S/C15H20N2O4/c1-2-11-7-12(9-14(8-11)17(20)21)10-16-5-3-13(4-6-16)15(18)19/h7-9,13H,2-6,10H2,1H3,(H,18,19). The molecule has 0 aromatic heterocycles. The Labute approximate surface area is 123 Å². The van der Waals surface area contributed by atoms with E-state index in [-0.39, 0.29) is 16.5 Å². The Bertz CT molecular complexity index is 536. The van der Waals surface area contributed by atoms with E-state index in [1.807, 2.05) is 13.0 Å². The van der Waals surface area contributed by atoms with Crippen LogP contribution in [0.1, 0.15) is 30.9 Å². The molecule has 0 amide bonds. The van der Waals surface area contributed by atoms with Crippen LogP contribution in [-0.2, 0) is 17.8 Å². The van der Waals surface area contributed by atoms with Crippen molar-refractivity contribution in [3.05, 3.63) is 39.4 Å². The lowest BCUT2D eigenvalue weighted by molar-refractivity contribution is -0.385. The van der Waals surface area contributed by atoms with E-state index in [1.165, 1.54) is 0 Å². The van der Waals surface area contributed by atoms with Gasteiger partial charge in [0.25, 0.3) is 5.69 Å². The zero-order valence-corrected chi connectivity index (χ0v) is 12.1. The van der Waals surface area contributed by atoms with Crippen LogP contribution >= 0.6 is 0 Å². The molecular formula is C15H20N2O4. The predicted octanol–water partition coefficient (Wildman–Crippen LogP) is 2.45. The summed E-state index contributed by atoms with van der Waals surface area (Å²) in [5, 5.41) is 19.9. The van der Waals surface area contributed by atoms with Gasteiger partial charge in [0.15, 0.2) is 0 Å². The molecule has 1 aliphatic rings. The fourth-order valence-electron chi connectivity index (χ4n) is 2.74. The fraction of sp³-hybridized carbons (Fsp3) is 0.533. The van der Waals surface area contributed by atoms with Crippen molar-refractivity contribution in [3.63, 3.8) is 0 Å². The van der Waals surface area contributed by atoms with E-state index < -0.39 is 5.97 Å². The third-order valence-electron chi connectivity index (χ3n) is 4.00. The average Bonchev–Trinajstić information content (AvgIpc) is 2.47. The lowest BCUT2D eigenvalue weighted by Gasteiger charge is -2.30.